The van der Waals surface area contributed by atoms with Crippen LogP contribution in [0.15, 0.2) is 0 Å². The summed E-state index contributed by atoms with van der Waals surface area (Å²) < 4.78 is 0. The first-order valence-electron chi connectivity index (χ1n) is 5.93. The summed E-state index contributed by atoms with van der Waals surface area (Å²) in [6.45, 7) is 5.58. The number of carboxylic acids is 1. The Hall–Kier alpha value is -0.880. The maximum absolute atomic E-state index is 11.0. The number of thiocarbonyl (C=S) groups is 1. The molecule has 5 N–H and O–H groups in total. The first-order chi connectivity index (χ1) is 7.93. The number of hydrogen-bond donors (Lipinski definition) is 4. The Morgan fingerprint density at radius 2 is 2.00 bits per heavy atom. The van der Waals surface area contributed by atoms with Gasteiger partial charge in [-0.15, -0.1) is 0 Å². The van der Waals surface area contributed by atoms with Crippen LogP contribution < -0.4 is 16.4 Å². The van der Waals surface area contributed by atoms with Crippen molar-refractivity contribution in [3.63, 3.8) is 0 Å². The maximum atomic E-state index is 11.0. The largest absolute Gasteiger partial charge is 0.480 e. The summed E-state index contributed by atoms with van der Waals surface area (Å²) in [5, 5.41) is 15.1. The van der Waals surface area contributed by atoms with Crippen LogP contribution in [0.1, 0.15) is 33.1 Å². The van der Waals surface area contributed by atoms with Gasteiger partial charge in [0.05, 0.1) is 0 Å². The van der Waals surface area contributed by atoms with Crippen LogP contribution in [0.3, 0.4) is 0 Å². The fraction of sp³-hybridized carbons (Fsp3) is 0.818. The molecule has 0 rings (SSSR count). The molecule has 0 aromatic rings. The number of carboxylic acid groups (broad SMARTS) is 1. The predicted molar refractivity (Wildman–Crippen MR) is 72.9 cm³/mol. The molecule has 0 aliphatic rings. The topological polar surface area (TPSA) is 87.4 Å². The summed E-state index contributed by atoms with van der Waals surface area (Å²) in [4.78, 5) is 11.0. The number of nitrogens with two attached hydrogens (primary N) is 1. The number of hydrogen-bond acceptors (Lipinski definition) is 3. The smallest absolute Gasteiger partial charge is 0.320 e. The molecule has 0 aromatic carbocycles. The fourth-order valence-corrected chi connectivity index (χ4v) is 1.48. The molecule has 0 aromatic heterocycles. The van der Waals surface area contributed by atoms with E-state index in [1.54, 1.807) is 0 Å². The molecule has 0 aliphatic carbocycles. The third kappa shape index (κ3) is 10.0. The molecular weight excluding hydrogens is 238 g/mol. The minimum Gasteiger partial charge on any atom is -0.480 e. The van der Waals surface area contributed by atoms with Crippen LogP contribution in [-0.4, -0.2) is 35.3 Å². The monoisotopic (exact) mass is 261 g/mol. The summed E-state index contributed by atoms with van der Waals surface area (Å²) in [7, 11) is 0. The van der Waals surface area contributed by atoms with Gasteiger partial charge >= 0.3 is 5.97 Å². The summed E-state index contributed by atoms with van der Waals surface area (Å²) in [6, 6.07) is -0.484. The SMILES string of the molecule is CC(C)CCN[C@@H](CCCNC(N)=S)C(=O)O. The highest BCUT2D eigenvalue weighted by molar-refractivity contribution is 7.80. The van der Waals surface area contributed by atoms with Gasteiger partial charge in [-0.3, -0.25) is 4.79 Å². The van der Waals surface area contributed by atoms with Crippen molar-refractivity contribution in [2.45, 2.75) is 39.2 Å². The molecule has 100 valence electrons. The molecule has 0 aliphatic heterocycles. The highest BCUT2D eigenvalue weighted by Gasteiger charge is 2.15. The Bertz CT molecular complexity index is 247. The predicted octanol–water partition coefficient (Wildman–Crippen LogP) is 0.689. The van der Waals surface area contributed by atoms with Gasteiger partial charge in [-0.05, 0) is 43.9 Å². The van der Waals surface area contributed by atoms with E-state index in [4.69, 9.17) is 10.8 Å². The molecule has 0 heterocycles. The standard InChI is InChI=1S/C11H23N3O2S/c1-8(2)5-7-13-9(10(15)16)4-3-6-14-11(12)17/h8-9,13H,3-7H2,1-2H3,(H,15,16)(H3,12,14,17)/t9-/m0/s1. The van der Waals surface area contributed by atoms with Gasteiger partial charge in [0, 0.05) is 6.54 Å². The van der Waals surface area contributed by atoms with Gasteiger partial charge < -0.3 is 21.5 Å². The first-order valence-corrected chi connectivity index (χ1v) is 6.33. The molecule has 0 saturated heterocycles. The third-order valence-corrected chi connectivity index (χ3v) is 2.52. The lowest BCUT2D eigenvalue weighted by atomic mass is 10.1. The highest BCUT2D eigenvalue weighted by Crippen LogP contribution is 2.01. The van der Waals surface area contributed by atoms with E-state index in [0.717, 1.165) is 19.4 Å². The van der Waals surface area contributed by atoms with Crippen LogP contribution in [-0.2, 0) is 4.79 Å². The van der Waals surface area contributed by atoms with Gasteiger partial charge in [0.15, 0.2) is 5.11 Å². The zero-order chi connectivity index (χ0) is 13.3. The Balaban J connectivity index is 3.75. The quantitative estimate of drug-likeness (QED) is 0.361. The molecule has 5 nitrogen and oxygen atoms in total. The molecule has 17 heavy (non-hydrogen) atoms. The van der Waals surface area contributed by atoms with Gasteiger partial charge in [0.1, 0.15) is 6.04 Å². The minimum atomic E-state index is -0.802. The lowest BCUT2D eigenvalue weighted by Crippen LogP contribution is -2.38. The molecule has 0 spiro atoms. The van der Waals surface area contributed by atoms with E-state index >= 15 is 0 Å². The molecule has 0 radical (unpaired) electrons. The summed E-state index contributed by atoms with van der Waals surface area (Å²) in [5.74, 6) is -0.225. The van der Waals surface area contributed by atoms with Crippen molar-refractivity contribution in [2.24, 2.45) is 11.7 Å². The average molecular weight is 261 g/mol. The van der Waals surface area contributed by atoms with E-state index in [0.29, 0.717) is 18.9 Å². The van der Waals surface area contributed by atoms with Gasteiger partial charge in [-0.2, -0.15) is 0 Å². The molecule has 0 amide bonds. The van der Waals surface area contributed by atoms with Gasteiger partial charge in [0.2, 0.25) is 0 Å². The second kappa shape index (κ2) is 9.18. The van der Waals surface area contributed by atoms with Crippen molar-refractivity contribution in [1.29, 1.82) is 0 Å². The Kier molecular flexibility index (Phi) is 8.71. The lowest BCUT2D eigenvalue weighted by Gasteiger charge is -2.15. The van der Waals surface area contributed by atoms with Crippen molar-refractivity contribution in [3.8, 4) is 0 Å². The zero-order valence-corrected chi connectivity index (χ0v) is 11.3. The average Bonchev–Trinajstić information content (AvgIpc) is 2.20. The Morgan fingerprint density at radius 1 is 1.35 bits per heavy atom. The highest BCUT2D eigenvalue weighted by atomic mass is 32.1. The van der Waals surface area contributed by atoms with Crippen LogP contribution in [0.25, 0.3) is 0 Å². The van der Waals surface area contributed by atoms with Crippen LogP contribution in [0.4, 0.5) is 0 Å². The van der Waals surface area contributed by atoms with Crippen LogP contribution in [0, 0.1) is 5.92 Å². The van der Waals surface area contributed by atoms with Crippen molar-refractivity contribution in [3.05, 3.63) is 0 Å². The molecule has 0 bridgehead atoms. The van der Waals surface area contributed by atoms with Gasteiger partial charge in [-0.25, -0.2) is 0 Å². The van der Waals surface area contributed by atoms with Crippen LogP contribution >= 0.6 is 12.2 Å². The van der Waals surface area contributed by atoms with E-state index in [2.05, 4.69) is 36.7 Å². The fourth-order valence-electron chi connectivity index (χ4n) is 1.38. The minimum absolute atomic E-state index is 0.254. The number of rotatable bonds is 9. The normalized spacial score (nSPS) is 12.4. The molecule has 0 unspecified atom stereocenters. The van der Waals surface area contributed by atoms with Gasteiger partial charge in [0.25, 0.3) is 0 Å². The summed E-state index contributed by atoms with van der Waals surface area (Å²) in [6.07, 6.45) is 2.28. The van der Waals surface area contributed by atoms with E-state index in [-0.39, 0.29) is 5.11 Å². The molecule has 0 fully saturated rings. The molecular formula is C11H23N3O2S. The van der Waals surface area contributed by atoms with Gasteiger partial charge in [-0.1, -0.05) is 13.8 Å². The van der Waals surface area contributed by atoms with E-state index < -0.39 is 12.0 Å². The zero-order valence-electron chi connectivity index (χ0n) is 10.5. The van der Waals surface area contributed by atoms with Crippen molar-refractivity contribution >= 4 is 23.3 Å². The third-order valence-electron chi connectivity index (χ3n) is 2.38. The second-order valence-electron chi connectivity index (χ2n) is 4.46. The molecule has 6 heteroatoms. The second-order valence-corrected chi connectivity index (χ2v) is 4.90. The van der Waals surface area contributed by atoms with E-state index in [9.17, 15) is 4.79 Å². The maximum Gasteiger partial charge on any atom is 0.320 e. The van der Waals surface area contributed by atoms with E-state index in [1.807, 2.05) is 0 Å². The molecule has 0 saturated carbocycles. The number of carbonyl (C=O) groups is 1. The lowest BCUT2D eigenvalue weighted by molar-refractivity contribution is -0.139. The number of aliphatic carboxylic acids is 1. The van der Waals surface area contributed by atoms with E-state index in [1.165, 1.54) is 0 Å². The van der Waals surface area contributed by atoms with Crippen LogP contribution in [0.2, 0.25) is 0 Å². The molecule has 1 atom stereocenters. The van der Waals surface area contributed by atoms with Crippen LogP contribution in [0.5, 0.6) is 0 Å². The van der Waals surface area contributed by atoms with Crippen molar-refractivity contribution < 1.29 is 9.90 Å². The van der Waals surface area contributed by atoms with Crippen molar-refractivity contribution in [1.82, 2.24) is 10.6 Å². The first kappa shape index (κ1) is 16.1. The van der Waals surface area contributed by atoms with Crippen molar-refractivity contribution in [2.75, 3.05) is 13.1 Å². The number of nitrogens with one attached hydrogen (secondary N) is 2. The Labute approximate surface area is 108 Å². The Morgan fingerprint density at radius 3 is 2.47 bits per heavy atom. The summed E-state index contributed by atoms with van der Waals surface area (Å²) in [5.41, 5.74) is 5.27. The summed E-state index contributed by atoms with van der Waals surface area (Å²) >= 11 is 4.66.